The van der Waals surface area contributed by atoms with Crippen molar-refractivity contribution in [3.8, 4) is 0 Å². The van der Waals surface area contributed by atoms with Crippen LogP contribution in [0.15, 0.2) is 47.6 Å². The minimum absolute atomic E-state index is 0.0739. The standard InChI is InChI=1S/C11H12N4O2S/c1-15(11-4-2-3-7-13-11)18(16,17)9-5-6-10(12)14-8-9/h2-8H,1H3,(H2,12,14). The Morgan fingerprint density at radius 1 is 1.17 bits per heavy atom. The molecular weight excluding hydrogens is 252 g/mol. The molecule has 2 aromatic heterocycles. The molecule has 94 valence electrons. The highest BCUT2D eigenvalue weighted by Gasteiger charge is 2.22. The van der Waals surface area contributed by atoms with Gasteiger partial charge in [-0.2, -0.15) is 0 Å². The number of nitrogens with two attached hydrogens (primary N) is 1. The lowest BCUT2D eigenvalue weighted by atomic mass is 10.5. The zero-order chi connectivity index (χ0) is 13.2. The molecule has 2 N–H and O–H groups in total. The number of hydrogen-bond acceptors (Lipinski definition) is 5. The molecule has 0 fully saturated rings. The van der Waals surface area contributed by atoms with Crippen molar-refractivity contribution in [2.75, 3.05) is 17.1 Å². The third-order valence-electron chi connectivity index (χ3n) is 2.39. The van der Waals surface area contributed by atoms with Crippen molar-refractivity contribution in [3.63, 3.8) is 0 Å². The van der Waals surface area contributed by atoms with E-state index >= 15 is 0 Å². The molecule has 0 unspecified atom stereocenters. The largest absolute Gasteiger partial charge is 0.384 e. The maximum absolute atomic E-state index is 12.2. The zero-order valence-corrected chi connectivity index (χ0v) is 10.5. The van der Waals surface area contributed by atoms with Crippen LogP contribution in [0.3, 0.4) is 0 Å². The van der Waals surface area contributed by atoms with Crippen molar-refractivity contribution in [3.05, 3.63) is 42.7 Å². The van der Waals surface area contributed by atoms with E-state index in [9.17, 15) is 8.42 Å². The highest BCUT2D eigenvalue weighted by Crippen LogP contribution is 2.19. The molecule has 0 aliphatic carbocycles. The summed E-state index contributed by atoms with van der Waals surface area (Å²) < 4.78 is 25.6. The molecular formula is C11H12N4O2S. The van der Waals surface area contributed by atoms with Crippen LogP contribution in [0, 0.1) is 0 Å². The second kappa shape index (κ2) is 4.61. The number of nitrogen functional groups attached to an aromatic ring is 1. The highest BCUT2D eigenvalue weighted by molar-refractivity contribution is 7.92. The Bertz CT molecular complexity index is 626. The number of sulfonamides is 1. The summed E-state index contributed by atoms with van der Waals surface area (Å²) in [6, 6.07) is 7.91. The molecule has 18 heavy (non-hydrogen) atoms. The van der Waals surface area contributed by atoms with Crippen LogP contribution in [0.25, 0.3) is 0 Å². The van der Waals surface area contributed by atoms with E-state index in [4.69, 9.17) is 5.73 Å². The third-order valence-corrected chi connectivity index (χ3v) is 4.13. The lowest BCUT2D eigenvalue weighted by molar-refractivity contribution is 0.593. The van der Waals surface area contributed by atoms with Gasteiger partial charge in [0.15, 0.2) is 0 Å². The van der Waals surface area contributed by atoms with Crippen LogP contribution in [-0.2, 0) is 10.0 Å². The van der Waals surface area contributed by atoms with E-state index < -0.39 is 10.0 Å². The maximum Gasteiger partial charge on any atom is 0.266 e. The Morgan fingerprint density at radius 2 is 1.94 bits per heavy atom. The van der Waals surface area contributed by atoms with Crippen LogP contribution in [0.1, 0.15) is 0 Å². The predicted molar refractivity (Wildman–Crippen MR) is 68.5 cm³/mol. The molecule has 0 saturated carbocycles. The smallest absolute Gasteiger partial charge is 0.266 e. The van der Waals surface area contributed by atoms with E-state index in [1.165, 1.54) is 31.6 Å². The predicted octanol–water partition coefficient (Wildman–Crippen LogP) is 0.884. The van der Waals surface area contributed by atoms with Gasteiger partial charge in [-0.3, -0.25) is 4.31 Å². The summed E-state index contributed by atoms with van der Waals surface area (Å²) in [5, 5.41) is 0. The van der Waals surface area contributed by atoms with Gasteiger partial charge in [0.05, 0.1) is 0 Å². The van der Waals surface area contributed by atoms with Gasteiger partial charge in [0.2, 0.25) is 0 Å². The summed E-state index contributed by atoms with van der Waals surface area (Å²) in [6.07, 6.45) is 2.76. The quantitative estimate of drug-likeness (QED) is 0.889. The Balaban J connectivity index is 2.40. The van der Waals surface area contributed by atoms with Crippen molar-refractivity contribution in [1.82, 2.24) is 9.97 Å². The number of pyridine rings is 2. The average Bonchev–Trinajstić information content (AvgIpc) is 2.39. The molecule has 0 saturated heterocycles. The van der Waals surface area contributed by atoms with E-state index in [1.807, 2.05) is 0 Å². The van der Waals surface area contributed by atoms with Crippen molar-refractivity contribution in [2.24, 2.45) is 0 Å². The number of aromatic nitrogens is 2. The van der Waals surface area contributed by atoms with Crippen LogP contribution in [0.5, 0.6) is 0 Å². The monoisotopic (exact) mass is 264 g/mol. The Morgan fingerprint density at radius 3 is 2.50 bits per heavy atom. The van der Waals surface area contributed by atoms with Gasteiger partial charge in [0.1, 0.15) is 16.5 Å². The van der Waals surface area contributed by atoms with Gasteiger partial charge in [0, 0.05) is 19.4 Å². The molecule has 0 aromatic carbocycles. The van der Waals surface area contributed by atoms with Crippen LogP contribution < -0.4 is 10.0 Å². The molecule has 0 amide bonds. The molecule has 0 bridgehead atoms. The maximum atomic E-state index is 12.2. The summed E-state index contributed by atoms with van der Waals surface area (Å²) in [4.78, 5) is 7.84. The molecule has 0 radical (unpaired) electrons. The number of anilines is 2. The Labute approximate surface area is 105 Å². The van der Waals surface area contributed by atoms with Crippen LogP contribution in [-0.4, -0.2) is 25.4 Å². The summed E-state index contributed by atoms with van der Waals surface area (Å²) in [5.74, 6) is 0.615. The first-order valence-corrected chi connectivity index (χ1v) is 6.57. The average molecular weight is 264 g/mol. The second-order valence-electron chi connectivity index (χ2n) is 3.58. The number of rotatable bonds is 3. The fourth-order valence-electron chi connectivity index (χ4n) is 1.37. The van der Waals surface area contributed by atoms with E-state index in [2.05, 4.69) is 9.97 Å². The first-order valence-electron chi connectivity index (χ1n) is 5.13. The second-order valence-corrected chi connectivity index (χ2v) is 5.55. The van der Waals surface area contributed by atoms with Gasteiger partial charge in [-0.25, -0.2) is 18.4 Å². The topological polar surface area (TPSA) is 89.2 Å². The molecule has 2 aromatic rings. The zero-order valence-electron chi connectivity index (χ0n) is 9.69. The first-order chi connectivity index (χ1) is 8.51. The first kappa shape index (κ1) is 12.3. The minimum Gasteiger partial charge on any atom is -0.384 e. The summed E-state index contributed by atoms with van der Waals surface area (Å²) in [5.41, 5.74) is 5.43. The molecule has 0 aliphatic heterocycles. The van der Waals surface area contributed by atoms with E-state index in [1.54, 1.807) is 18.2 Å². The Kier molecular flexibility index (Phi) is 3.15. The van der Waals surface area contributed by atoms with Gasteiger partial charge >= 0.3 is 0 Å². The van der Waals surface area contributed by atoms with Gasteiger partial charge in [0.25, 0.3) is 10.0 Å². The molecule has 2 rings (SSSR count). The number of nitrogens with zero attached hydrogens (tertiary/aromatic N) is 3. The normalized spacial score (nSPS) is 11.2. The summed E-state index contributed by atoms with van der Waals surface area (Å²) >= 11 is 0. The van der Waals surface area contributed by atoms with Crippen molar-refractivity contribution >= 4 is 21.7 Å². The lowest BCUT2D eigenvalue weighted by Gasteiger charge is -2.17. The summed E-state index contributed by atoms with van der Waals surface area (Å²) in [6.45, 7) is 0. The lowest BCUT2D eigenvalue weighted by Crippen LogP contribution is -2.27. The van der Waals surface area contributed by atoms with Crippen molar-refractivity contribution < 1.29 is 8.42 Å². The molecule has 0 aliphatic rings. The van der Waals surface area contributed by atoms with Crippen molar-refractivity contribution in [2.45, 2.75) is 4.90 Å². The highest BCUT2D eigenvalue weighted by atomic mass is 32.2. The van der Waals surface area contributed by atoms with Crippen LogP contribution in [0.4, 0.5) is 11.6 Å². The molecule has 0 spiro atoms. The van der Waals surface area contributed by atoms with Crippen LogP contribution in [0.2, 0.25) is 0 Å². The van der Waals surface area contributed by atoms with Crippen molar-refractivity contribution in [1.29, 1.82) is 0 Å². The van der Waals surface area contributed by atoms with E-state index in [0.29, 0.717) is 5.82 Å². The van der Waals surface area contributed by atoms with Gasteiger partial charge in [-0.05, 0) is 24.3 Å². The fraction of sp³-hybridized carbons (Fsp3) is 0.0909. The van der Waals surface area contributed by atoms with E-state index in [-0.39, 0.29) is 10.7 Å². The minimum atomic E-state index is -3.66. The molecule has 7 heteroatoms. The Hall–Kier alpha value is -2.15. The van der Waals surface area contributed by atoms with Gasteiger partial charge in [-0.1, -0.05) is 6.07 Å². The molecule has 2 heterocycles. The summed E-state index contributed by atoms with van der Waals surface area (Å²) in [7, 11) is -2.22. The fourth-order valence-corrected chi connectivity index (χ4v) is 2.46. The van der Waals surface area contributed by atoms with Gasteiger partial charge in [-0.15, -0.1) is 0 Å². The SMILES string of the molecule is CN(c1ccccn1)S(=O)(=O)c1ccc(N)nc1. The third kappa shape index (κ3) is 2.25. The number of hydrogen-bond donors (Lipinski definition) is 1. The van der Waals surface area contributed by atoms with E-state index in [0.717, 1.165) is 4.31 Å². The molecule has 0 atom stereocenters. The molecule has 6 nitrogen and oxygen atoms in total. The van der Waals surface area contributed by atoms with Crippen LogP contribution >= 0.6 is 0 Å². The van der Waals surface area contributed by atoms with Gasteiger partial charge < -0.3 is 5.73 Å².